The number of thiazole rings is 1. The van der Waals surface area contributed by atoms with Gasteiger partial charge >= 0.3 is 5.97 Å². The molecular weight excluding hydrogens is 433 g/mol. The van der Waals surface area contributed by atoms with E-state index in [0.717, 1.165) is 0 Å². The van der Waals surface area contributed by atoms with E-state index in [2.05, 4.69) is 4.99 Å². The van der Waals surface area contributed by atoms with Crippen molar-refractivity contribution in [1.29, 1.82) is 0 Å². The van der Waals surface area contributed by atoms with Crippen LogP contribution >= 0.6 is 11.3 Å². The number of ether oxygens (including phenoxy) is 1. The lowest BCUT2D eigenvalue weighted by atomic mass is 9.96. The van der Waals surface area contributed by atoms with Crippen molar-refractivity contribution in [2.75, 3.05) is 25.6 Å². The minimum absolute atomic E-state index is 0.183. The second kappa shape index (κ2) is 8.58. The smallest absolute Gasteiger partial charge is 0.338 e. The van der Waals surface area contributed by atoms with Gasteiger partial charge in [-0.25, -0.2) is 14.2 Å². The zero-order chi connectivity index (χ0) is 23.0. The van der Waals surface area contributed by atoms with Crippen molar-refractivity contribution in [2.24, 2.45) is 4.99 Å². The van der Waals surface area contributed by atoms with E-state index in [1.54, 1.807) is 38.1 Å². The van der Waals surface area contributed by atoms with E-state index in [0.29, 0.717) is 32.2 Å². The quantitative estimate of drug-likeness (QED) is 0.553. The molecule has 32 heavy (non-hydrogen) atoms. The number of rotatable bonds is 5. The van der Waals surface area contributed by atoms with Crippen molar-refractivity contribution in [2.45, 2.75) is 19.9 Å². The second-order valence-electron chi connectivity index (χ2n) is 7.42. The molecule has 1 aliphatic heterocycles. The number of esters is 1. The van der Waals surface area contributed by atoms with Crippen molar-refractivity contribution < 1.29 is 18.3 Å². The summed E-state index contributed by atoms with van der Waals surface area (Å²) in [6.45, 7) is 3.60. The molecule has 9 heteroatoms. The van der Waals surface area contributed by atoms with Crippen LogP contribution in [0.25, 0.3) is 6.08 Å². The largest absolute Gasteiger partial charge is 0.463 e. The van der Waals surface area contributed by atoms with Gasteiger partial charge in [0.2, 0.25) is 0 Å². The Hall–Kier alpha value is -3.46. The van der Waals surface area contributed by atoms with E-state index >= 15 is 0 Å². The lowest BCUT2D eigenvalue weighted by Gasteiger charge is -2.24. The minimum atomic E-state index is -0.776. The van der Waals surface area contributed by atoms with Crippen LogP contribution < -0.4 is 19.8 Å². The molecule has 0 aliphatic carbocycles. The third-order valence-corrected chi connectivity index (χ3v) is 6.01. The highest BCUT2D eigenvalue weighted by Gasteiger charge is 2.33. The Morgan fingerprint density at radius 3 is 2.62 bits per heavy atom. The summed E-state index contributed by atoms with van der Waals surface area (Å²) in [4.78, 5) is 33.0. The molecule has 1 aliphatic rings. The lowest BCUT2D eigenvalue weighted by Crippen LogP contribution is -2.39. The predicted molar refractivity (Wildman–Crippen MR) is 120 cm³/mol. The Labute approximate surface area is 187 Å². The molecule has 3 heterocycles. The van der Waals surface area contributed by atoms with Crippen LogP contribution in [0.4, 0.5) is 10.3 Å². The van der Waals surface area contributed by atoms with E-state index in [-0.39, 0.29) is 17.7 Å². The Morgan fingerprint density at radius 1 is 1.28 bits per heavy atom. The van der Waals surface area contributed by atoms with Crippen molar-refractivity contribution >= 4 is 29.3 Å². The summed E-state index contributed by atoms with van der Waals surface area (Å²) >= 11 is 1.20. The number of furan rings is 1. The molecule has 0 bridgehead atoms. The second-order valence-corrected chi connectivity index (χ2v) is 8.43. The van der Waals surface area contributed by atoms with Crippen molar-refractivity contribution in [3.63, 3.8) is 0 Å². The summed E-state index contributed by atoms with van der Waals surface area (Å²) < 4.78 is 26.4. The fourth-order valence-corrected chi connectivity index (χ4v) is 4.57. The van der Waals surface area contributed by atoms with Gasteiger partial charge in [-0.15, -0.1) is 0 Å². The molecule has 0 N–H and O–H groups in total. The van der Waals surface area contributed by atoms with Gasteiger partial charge in [0.1, 0.15) is 11.6 Å². The van der Waals surface area contributed by atoms with E-state index in [1.807, 2.05) is 25.1 Å². The van der Waals surface area contributed by atoms with Gasteiger partial charge in [0.25, 0.3) is 5.56 Å². The highest BCUT2D eigenvalue weighted by Crippen LogP contribution is 2.30. The van der Waals surface area contributed by atoms with Gasteiger partial charge in [0.05, 0.1) is 28.5 Å². The summed E-state index contributed by atoms with van der Waals surface area (Å²) in [5.74, 6) is 0.223. The van der Waals surface area contributed by atoms with Gasteiger partial charge in [0.15, 0.2) is 10.7 Å². The van der Waals surface area contributed by atoms with Gasteiger partial charge in [-0.05, 0) is 37.6 Å². The first-order chi connectivity index (χ1) is 15.3. The van der Waals surface area contributed by atoms with Crippen molar-refractivity contribution in [3.05, 3.63) is 84.5 Å². The molecule has 0 saturated heterocycles. The van der Waals surface area contributed by atoms with E-state index < -0.39 is 17.8 Å². The van der Waals surface area contributed by atoms with Crippen molar-refractivity contribution in [1.82, 2.24) is 4.57 Å². The molecule has 166 valence electrons. The van der Waals surface area contributed by atoms with Crippen molar-refractivity contribution in [3.8, 4) is 0 Å². The Bertz CT molecular complexity index is 1380. The number of hydrogen-bond donors (Lipinski definition) is 0. The number of hydrogen-bond acceptors (Lipinski definition) is 7. The number of halogens is 1. The standard InChI is InChI=1S/C23H22FN3O4S/c1-5-30-22(29)19-13(2)25-23-27(20(19)14-6-8-15(24)9-7-14)21(28)17(32-23)12-16-10-11-18(31-16)26(3)4/h6-12,20H,5H2,1-4H3/b17-12+. The van der Waals surface area contributed by atoms with Gasteiger partial charge in [-0.2, -0.15) is 0 Å². The van der Waals surface area contributed by atoms with Crippen LogP contribution in [0.5, 0.6) is 0 Å². The monoisotopic (exact) mass is 455 g/mol. The molecule has 1 unspecified atom stereocenters. The topological polar surface area (TPSA) is 77.0 Å². The van der Waals surface area contributed by atoms with Gasteiger partial charge in [0, 0.05) is 26.2 Å². The number of benzene rings is 1. The summed E-state index contributed by atoms with van der Waals surface area (Å²) in [7, 11) is 3.72. The molecule has 7 nitrogen and oxygen atoms in total. The van der Waals surface area contributed by atoms with Crippen LogP contribution in [0.15, 0.2) is 61.9 Å². The number of nitrogens with zero attached hydrogens (tertiary/aromatic N) is 3. The Balaban J connectivity index is 1.92. The van der Waals surface area contributed by atoms with E-state index in [4.69, 9.17) is 9.15 Å². The third-order valence-electron chi connectivity index (χ3n) is 5.03. The summed E-state index contributed by atoms with van der Waals surface area (Å²) in [6.07, 6.45) is 1.65. The number of aromatic nitrogens is 1. The highest BCUT2D eigenvalue weighted by molar-refractivity contribution is 7.07. The molecule has 0 spiro atoms. The van der Waals surface area contributed by atoms with Crippen LogP contribution in [0.2, 0.25) is 0 Å². The number of carbonyl (C=O) groups excluding carboxylic acids is 1. The fraction of sp³-hybridized carbons (Fsp3) is 0.261. The molecule has 0 fully saturated rings. The normalized spacial score (nSPS) is 16.0. The first-order valence-electron chi connectivity index (χ1n) is 10.0. The predicted octanol–water partition coefficient (Wildman–Crippen LogP) is 2.60. The average Bonchev–Trinajstić information content (AvgIpc) is 3.33. The van der Waals surface area contributed by atoms with Gasteiger partial charge in [-0.3, -0.25) is 9.36 Å². The van der Waals surface area contributed by atoms with Crippen LogP contribution in [0, 0.1) is 5.82 Å². The maximum atomic E-state index is 13.6. The van der Waals surface area contributed by atoms with E-state index in [1.165, 1.54) is 28.0 Å². The lowest BCUT2D eigenvalue weighted by molar-refractivity contribution is -0.139. The maximum Gasteiger partial charge on any atom is 0.338 e. The zero-order valence-corrected chi connectivity index (χ0v) is 18.9. The van der Waals surface area contributed by atoms with Crippen LogP contribution in [-0.2, 0) is 9.53 Å². The van der Waals surface area contributed by atoms with Crippen LogP contribution in [0.3, 0.4) is 0 Å². The molecule has 0 amide bonds. The number of allylic oxidation sites excluding steroid dienone is 1. The first-order valence-corrected chi connectivity index (χ1v) is 10.8. The molecule has 2 aromatic heterocycles. The number of anilines is 1. The van der Waals surface area contributed by atoms with Crippen LogP contribution in [0.1, 0.15) is 31.2 Å². The molecule has 4 rings (SSSR count). The van der Waals surface area contributed by atoms with Gasteiger partial charge in [-0.1, -0.05) is 23.5 Å². The maximum absolute atomic E-state index is 13.6. The van der Waals surface area contributed by atoms with Crippen LogP contribution in [-0.4, -0.2) is 31.2 Å². The summed E-state index contributed by atoms with van der Waals surface area (Å²) in [5.41, 5.74) is 0.980. The molecular formula is C23H22FN3O4S. The average molecular weight is 456 g/mol. The molecule has 0 saturated carbocycles. The molecule has 3 aromatic rings. The Kier molecular flexibility index (Phi) is 5.84. The summed E-state index contributed by atoms with van der Waals surface area (Å²) in [6, 6.07) is 8.54. The zero-order valence-electron chi connectivity index (χ0n) is 18.1. The highest BCUT2D eigenvalue weighted by atomic mass is 32.1. The number of carbonyl (C=O) groups is 1. The van der Waals surface area contributed by atoms with Gasteiger partial charge < -0.3 is 14.1 Å². The first kappa shape index (κ1) is 21.8. The third kappa shape index (κ3) is 3.91. The molecule has 0 radical (unpaired) electrons. The van der Waals surface area contributed by atoms with E-state index in [9.17, 15) is 14.0 Å². The fourth-order valence-electron chi connectivity index (χ4n) is 3.54. The Morgan fingerprint density at radius 2 is 2.00 bits per heavy atom. The SMILES string of the molecule is CCOC(=O)C1=C(C)N=c2s/c(=C/c3ccc(N(C)C)o3)c(=O)n2C1c1ccc(F)cc1. The molecule has 1 atom stereocenters. The molecule has 1 aromatic carbocycles. The minimum Gasteiger partial charge on any atom is -0.463 e. The number of fused-ring (bicyclic) bond motifs is 1. The summed E-state index contributed by atoms with van der Waals surface area (Å²) in [5, 5.41) is 0.